The second kappa shape index (κ2) is 6.60. The maximum atomic E-state index is 12.7. The molecule has 0 unspecified atom stereocenters. The number of amides is 1. The Morgan fingerprint density at radius 2 is 2.00 bits per heavy atom. The monoisotopic (exact) mass is 374 g/mol. The average Bonchev–Trinajstić information content (AvgIpc) is 3.28. The molecule has 3 heterocycles. The molecule has 136 valence electrons. The zero-order chi connectivity index (χ0) is 18.3. The van der Waals surface area contributed by atoms with Gasteiger partial charge < -0.3 is 19.5 Å². The highest BCUT2D eigenvalue weighted by molar-refractivity contribution is 7.13. The number of carboxylic acid groups (broad SMARTS) is 1. The second-order valence-corrected chi connectivity index (χ2v) is 7.39. The Morgan fingerprint density at radius 3 is 2.73 bits per heavy atom. The van der Waals surface area contributed by atoms with Crippen molar-refractivity contribution in [2.24, 2.45) is 11.8 Å². The summed E-state index contributed by atoms with van der Waals surface area (Å²) in [4.78, 5) is 29.9. The van der Waals surface area contributed by atoms with Crippen molar-refractivity contribution in [1.82, 2.24) is 9.88 Å². The molecule has 1 fully saturated rings. The van der Waals surface area contributed by atoms with E-state index in [1.807, 2.05) is 25.1 Å². The summed E-state index contributed by atoms with van der Waals surface area (Å²) in [6, 6.07) is 5.59. The maximum Gasteiger partial charge on any atom is 0.308 e. The lowest BCUT2D eigenvalue weighted by molar-refractivity contribution is -0.142. The lowest BCUT2D eigenvalue weighted by Crippen LogP contribution is -2.30. The van der Waals surface area contributed by atoms with Crippen molar-refractivity contribution in [1.29, 1.82) is 0 Å². The molecule has 0 radical (unpaired) electrons. The number of nitrogens with zero attached hydrogens (tertiary/aromatic N) is 2. The smallest absolute Gasteiger partial charge is 0.308 e. The summed E-state index contributed by atoms with van der Waals surface area (Å²) in [6.07, 6.45) is 0. The molecule has 0 bridgehead atoms. The Morgan fingerprint density at radius 1 is 1.23 bits per heavy atom. The highest BCUT2D eigenvalue weighted by atomic mass is 32.1. The summed E-state index contributed by atoms with van der Waals surface area (Å²) >= 11 is 1.38. The Labute approximate surface area is 154 Å². The molecule has 4 rings (SSSR count). The van der Waals surface area contributed by atoms with E-state index in [2.05, 4.69) is 4.98 Å². The quantitative estimate of drug-likeness (QED) is 0.887. The minimum atomic E-state index is -0.858. The fourth-order valence-electron chi connectivity index (χ4n) is 3.30. The van der Waals surface area contributed by atoms with Gasteiger partial charge in [-0.2, -0.15) is 0 Å². The van der Waals surface area contributed by atoms with E-state index in [-0.39, 0.29) is 18.4 Å². The molecule has 7 nitrogen and oxygen atoms in total. The molecule has 0 aliphatic carbocycles. The van der Waals surface area contributed by atoms with Gasteiger partial charge in [0.1, 0.15) is 23.9 Å². The number of fused-ring (bicyclic) bond motifs is 1. The summed E-state index contributed by atoms with van der Waals surface area (Å²) in [7, 11) is 0. The first-order valence-electron chi connectivity index (χ1n) is 8.40. The normalized spacial score (nSPS) is 21.7. The summed E-state index contributed by atoms with van der Waals surface area (Å²) in [5.74, 6) is -0.279. The van der Waals surface area contributed by atoms with Crippen molar-refractivity contribution < 1.29 is 24.2 Å². The number of likely N-dealkylation sites (tertiary alicyclic amines) is 1. The van der Waals surface area contributed by atoms with Gasteiger partial charge in [0.15, 0.2) is 11.5 Å². The van der Waals surface area contributed by atoms with Gasteiger partial charge >= 0.3 is 5.97 Å². The summed E-state index contributed by atoms with van der Waals surface area (Å²) in [6.45, 7) is 3.57. The van der Waals surface area contributed by atoms with E-state index >= 15 is 0 Å². The van der Waals surface area contributed by atoms with Gasteiger partial charge in [-0.05, 0) is 24.1 Å². The van der Waals surface area contributed by atoms with Crippen molar-refractivity contribution in [3.63, 3.8) is 0 Å². The van der Waals surface area contributed by atoms with Crippen molar-refractivity contribution in [3.8, 4) is 22.1 Å². The summed E-state index contributed by atoms with van der Waals surface area (Å²) in [5, 5.41) is 11.7. The Hall–Kier alpha value is -2.61. The number of hydrogen-bond acceptors (Lipinski definition) is 6. The third-order valence-electron chi connectivity index (χ3n) is 4.73. The molecule has 2 aromatic rings. The predicted octanol–water partition coefficient (Wildman–Crippen LogP) is 2.37. The van der Waals surface area contributed by atoms with Crippen LogP contribution in [0.25, 0.3) is 10.6 Å². The lowest BCUT2D eigenvalue weighted by Gasteiger charge is -2.18. The van der Waals surface area contributed by atoms with Crippen molar-refractivity contribution in [2.75, 3.05) is 26.3 Å². The van der Waals surface area contributed by atoms with E-state index in [4.69, 9.17) is 9.47 Å². The van der Waals surface area contributed by atoms with E-state index in [1.165, 1.54) is 11.3 Å². The van der Waals surface area contributed by atoms with E-state index < -0.39 is 11.9 Å². The Kier molecular flexibility index (Phi) is 4.28. The predicted molar refractivity (Wildman–Crippen MR) is 94.7 cm³/mol. The molecule has 2 aliphatic heterocycles. The number of aromatic nitrogens is 1. The van der Waals surface area contributed by atoms with Crippen LogP contribution in [0.3, 0.4) is 0 Å². The molecule has 2 atom stereocenters. The molecule has 0 saturated carbocycles. The first-order chi connectivity index (χ1) is 12.5. The highest BCUT2D eigenvalue weighted by Gasteiger charge is 2.37. The van der Waals surface area contributed by atoms with Crippen LogP contribution in [0.1, 0.15) is 17.4 Å². The first-order valence-corrected chi connectivity index (χ1v) is 9.28. The van der Waals surface area contributed by atoms with Gasteiger partial charge in [-0.3, -0.25) is 9.59 Å². The van der Waals surface area contributed by atoms with Gasteiger partial charge in [0, 0.05) is 24.0 Å². The van der Waals surface area contributed by atoms with Crippen LogP contribution in [0.2, 0.25) is 0 Å². The molecule has 26 heavy (non-hydrogen) atoms. The minimum absolute atomic E-state index is 0.0626. The minimum Gasteiger partial charge on any atom is -0.486 e. The standard InChI is InChI=1S/C18H18N2O5S/c1-10-7-20(8-12(10)18(22)23)17(21)13-9-26-16(19-13)11-2-3-14-15(6-11)25-5-4-24-14/h2-3,6,9-10,12H,4-5,7-8H2,1H3,(H,22,23)/t10-,12-/m1/s1. The van der Waals surface area contributed by atoms with Crippen molar-refractivity contribution in [2.45, 2.75) is 6.92 Å². The number of hydrogen-bond donors (Lipinski definition) is 1. The SMILES string of the molecule is C[C@@H]1CN(C(=O)c2csc(-c3ccc4c(c3)OCCO4)n2)C[C@H]1C(=O)O. The third-order valence-corrected chi connectivity index (χ3v) is 5.62. The largest absolute Gasteiger partial charge is 0.486 e. The lowest BCUT2D eigenvalue weighted by atomic mass is 9.99. The molecule has 2 aliphatic rings. The van der Waals surface area contributed by atoms with Gasteiger partial charge in [0.25, 0.3) is 5.91 Å². The zero-order valence-electron chi connectivity index (χ0n) is 14.2. The number of ether oxygens (including phenoxy) is 2. The Balaban J connectivity index is 1.53. The van der Waals surface area contributed by atoms with Crippen LogP contribution in [0, 0.1) is 11.8 Å². The van der Waals surface area contributed by atoms with Gasteiger partial charge in [-0.1, -0.05) is 6.92 Å². The van der Waals surface area contributed by atoms with Crippen LogP contribution in [0.4, 0.5) is 0 Å². The molecular weight excluding hydrogens is 356 g/mol. The number of thiazole rings is 1. The topological polar surface area (TPSA) is 89.0 Å². The number of aliphatic carboxylic acids is 1. The molecule has 1 N–H and O–H groups in total. The van der Waals surface area contributed by atoms with Crippen molar-refractivity contribution in [3.05, 3.63) is 29.3 Å². The number of carbonyl (C=O) groups is 2. The van der Waals surface area contributed by atoms with Crippen LogP contribution in [0.15, 0.2) is 23.6 Å². The van der Waals surface area contributed by atoms with Crippen LogP contribution < -0.4 is 9.47 Å². The van der Waals surface area contributed by atoms with Gasteiger partial charge in [-0.15, -0.1) is 11.3 Å². The fourth-order valence-corrected chi connectivity index (χ4v) is 4.09. The number of rotatable bonds is 3. The molecule has 1 aromatic heterocycles. The number of benzene rings is 1. The molecular formula is C18H18N2O5S. The van der Waals surface area contributed by atoms with Gasteiger partial charge in [0.2, 0.25) is 0 Å². The summed E-state index contributed by atoms with van der Waals surface area (Å²) in [5.41, 5.74) is 1.20. The molecule has 1 saturated heterocycles. The maximum absolute atomic E-state index is 12.7. The van der Waals surface area contributed by atoms with E-state index in [0.717, 1.165) is 5.56 Å². The van der Waals surface area contributed by atoms with Crippen LogP contribution in [0.5, 0.6) is 11.5 Å². The highest BCUT2D eigenvalue weighted by Crippen LogP contribution is 2.35. The third kappa shape index (κ3) is 3.01. The van der Waals surface area contributed by atoms with Gasteiger partial charge in [-0.25, -0.2) is 4.98 Å². The van der Waals surface area contributed by atoms with E-state index in [1.54, 1.807) is 10.3 Å². The number of carbonyl (C=O) groups excluding carboxylic acids is 1. The number of carboxylic acids is 1. The van der Waals surface area contributed by atoms with Crippen molar-refractivity contribution >= 4 is 23.2 Å². The summed E-state index contributed by atoms with van der Waals surface area (Å²) < 4.78 is 11.1. The van der Waals surface area contributed by atoms with Crippen LogP contribution in [-0.2, 0) is 4.79 Å². The van der Waals surface area contributed by atoms with Crippen LogP contribution in [-0.4, -0.2) is 53.2 Å². The second-order valence-electron chi connectivity index (χ2n) is 6.53. The Bertz CT molecular complexity index is 865. The molecule has 1 amide bonds. The van der Waals surface area contributed by atoms with Crippen LogP contribution >= 0.6 is 11.3 Å². The molecule has 0 spiro atoms. The fraction of sp³-hybridized carbons (Fsp3) is 0.389. The molecule has 1 aromatic carbocycles. The average molecular weight is 374 g/mol. The van der Waals surface area contributed by atoms with Gasteiger partial charge in [0.05, 0.1) is 5.92 Å². The molecule has 8 heteroatoms. The zero-order valence-corrected chi connectivity index (χ0v) is 15.0. The van der Waals surface area contributed by atoms with E-state index in [9.17, 15) is 14.7 Å². The first kappa shape index (κ1) is 16.8. The van der Waals surface area contributed by atoms with E-state index in [0.29, 0.717) is 42.0 Å².